The molecule has 4 rings (SSSR count). The zero-order valence-corrected chi connectivity index (χ0v) is 23.1. The molecule has 0 radical (unpaired) electrons. The largest absolute Gasteiger partial charge is 0.494 e. The number of amides is 1. The molecule has 40 heavy (non-hydrogen) atoms. The summed E-state index contributed by atoms with van der Waals surface area (Å²) in [5.41, 5.74) is 4.20. The van der Waals surface area contributed by atoms with E-state index in [2.05, 4.69) is 15.6 Å². The lowest BCUT2D eigenvalue weighted by molar-refractivity contribution is 0.0527. The minimum atomic E-state index is -0.525. The number of aromatic nitrogens is 1. The van der Waals surface area contributed by atoms with Gasteiger partial charge in [0.15, 0.2) is 5.88 Å². The van der Waals surface area contributed by atoms with Crippen LogP contribution in [0.2, 0.25) is 0 Å². The van der Waals surface area contributed by atoms with Crippen LogP contribution in [0.1, 0.15) is 47.8 Å². The van der Waals surface area contributed by atoms with Crippen molar-refractivity contribution in [2.75, 3.05) is 20.2 Å². The number of carbonyl (C=O) groups is 2. The molecule has 0 aliphatic carbocycles. The van der Waals surface area contributed by atoms with Crippen LogP contribution in [0, 0.1) is 0 Å². The Morgan fingerprint density at radius 3 is 2.35 bits per heavy atom. The average Bonchev–Trinajstić information content (AvgIpc) is 3.26. The number of fused-ring (bicyclic) bond motifs is 1. The quantitative estimate of drug-likeness (QED) is 0.127. The van der Waals surface area contributed by atoms with Crippen molar-refractivity contribution in [2.24, 2.45) is 4.99 Å². The Morgan fingerprint density at radius 1 is 0.950 bits per heavy atom. The van der Waals surface area contributed by atoms with E-state index in [0.29, 0.717) is 47.7 Å². The summed E-state index contributed by atoms with van der Waals surface area (Å²) < 4.78 is 10.1. The zero-order chi connectivity index (χ0) is 28.7. The molecule has 1 amide bonds. The van der Waals surface area contributed by atoms with Gasteiger partial charge in [-0.1, -0.05) is 48.5 Å². The van der Waals surface area contributed by atoms with E-state index in [9.17, 15) is 14.7 Å². The van der Waals surface area contributed by atoms with Gasteiger partial charge < -0.3 is 30.2 Å². The maximum absolute atomic E-state index is 12.0. The molecule has 4 aromatic rings. The Morgan fingerprint density at radius 2 is 1.68 bits per heavy atom. The Kier molecular flexibility index (Phi) is 8.86. The lowest BCUT2D eigenvalue weighted by atomic mass is 10.00. The molecule has 0 atom stereocenters. The van der Waals surface area contributed by atoms with Gasteiger partial charge in [-0.05, 0) is 50.6 Å². The number of nitrogens with one attached hydrogen (secondary N) is 3. The molecule has 0 spiro atoms. The van der Waals surface area contributed by atoms with Gasteiger partial charge in [-0.3, -0.25) is 0 Å². The SMILES string of the molecule is COC(=O)c1ccc2c(C(=Nc3ccc(CNCCNC(=O)OC(C)(C)C)cc3)c3ccccc3)c(O)[nH]c2c1. The summed E-state index contributed by atoms with van der Waals surface area (Å²) in [7, 11) is 1.33. The first-order valence-electron chi connectivity index (χ1n) is 13.0. The van der Waals surface area contributed by atoms with Crippen molar-refractivity contribution < 1.29 is 24.2 Å². The van der Waals surface area contributed by atoms with Crippen LogP contribution in [0.5, 0.6) is 5.88 Å². The number of aromatic hydroxyl groups is 1. The van der Waals surface area contributed by atoms with Crippen LogP contribution in [0.15, 0.2) is 77.8 Å². The molecule has 0 fully saturated rings. The summed E-state index contributed by atoms with van der Waals surface area (Å²) in [4.78, 5) is 31.6. The van der Waals surface area contributed by atoms with Crippen molar-refractivity contribution in [2.45, 2.75) is 32.9 Å². The number of ether oxygens (including phenoxy) is 2. The van der Waals surface area contributed by atoms with E-state index in [0.717, 1.165) is 16.5 Å². The molecule has 0 aliphatic rings. The van der Waals surface area contributed by atoms with E-state index in [4.69, 9.17) is 14.5 Å². The van der Waals surface area contributed by atoms with E-state index < -0.39 is 17.7 Å². The van der Waals surface area contributed by atoms with Gasteiger partial charge in [0.1, 0.15) is 5.60 Å². The van der Waals surface area contributed by atoms with Crippen molar-refractivity contribution in [3.63, 3.8) is 0 Å². The molecule has 208 valence electrons. The van der Waals surface area contributed by atoms with E-state index in [1.165, 1.54) is 7.11 Å². The van der Waals surface area contributed by atoms with E-state index in [1.807, 2.05) is 75.4 Å². The summed E-state index contributed by atoms with van der Waals surface area (Å²) in [6.07, 6.45) is -0.434. The minimum Gasteiger partial charge on any atom is -0.494 e. The molecule has 0 saturated carbocycles. The fourth-order valence-electron chi connectivity index (χ4n) is 4.15. The number of nitrogens with zero attached hydrogens (tertiary/aromatic N) is 1. The van der Waals surface area contributed by atoms with Gasteiger partial charge in [-0.15, -0.1) is 0 Å². The van der Waals surface area contributed by atoms with Crippen LogP contribution >= 0.6 is 0 Å². The predicted octanol–water partition coefficient (Wildman–Crippen LogP) is 5.44. The Bertz CT molecular complexity index is 1500. The van der Waals surface area contributed by atoms with Crippen LogP contribution in [0.4, 0.5) is 10.5 Å². The molecule has 9 heteroatoms. The molecule has 0 unspecified atom stereocenters. The number of benzene rings is 3. The van der Waals surface area contributed by atoms with Crippen LogP contribution in [0.25, 0.3) is 10.9 Å². The zero-order valence-electron chi connectivity index (χ0n) is 23.1. The highest BCUT2D eigenvalue weighted by molar-refractivity contribution is 6.22. The van der Waals surface area contributed by atoms with Crippen molar-refractivity contribution in [1.29, 1.82) is 0 Å². The highest BCUT2D eigenvalue weighted by Crippen LogP contribution is 2.32. The number of alkyl carbamates (subject to hydrolysis) is 1. The topological polar surface area (TPSA) is 125 Å². The summed E-state index contributed by atoms with van der Waals surface area (Å²) in [5.74, 6) is -0.496. The highest BCUT2D eigenvalue weighted by Gasteiger charge is 2.20. The second kappa shape index (κ2) is 12.5. The molecular weight excluding hydrogens is 508 g/mol. The third kappa shape index (κ3) is 7.27. The number of aliphatic imine (C=N–C) groups is 1. The minimum absolute atomic E-state index is 0.0413. The number of hydrogen-bond acceptors (Lipinski definition) is 7. The lowest BCUT2D eigenvalue weighted by Gasteiger charge is -2.19. The van der Waals surface area contributed by atoms with Crippen LogP contribution in [0.3, 0.4) is 0 Å². The Balaban J connectivity index is 1.51. The molecule has 3 aromatic carbocycles. The van der Waals surface area contributed by atoms with E-state index in [-0.39, 0.29) is 5.88 Å². The van der Waals surface area contributed by atoms with Gasteiger partial charge in [0, 0.05) is 36.1 Å². The molecule has 9 nitrogen and oxygen atoms in total. The lowest BCUT2D eigenvalue weighted by Crippen LogP contribution is -2.36. The fourth-order valence-corrected chi connectivity index (χ4v) is 4.15. The molecule has 1 heterocycles. The number of hydrogen-bond donors (Lipinski definition) is 4. The smallest absolute Gasteiger partial charge is 0.407 e. The standard InChI is InChI=1S/C31H34N4O5/c1-31(2,3)40-30(38)33-17-16-32-19-20-10-13-23(14-11-20)34-27(21-8-6-5-7-9-21)26-24-15-12-22(29(37)39-4)18-25(24)35-28(26)36/h5-15,18,32,35-36H,16-17,19H2,1-4H3,(H,33,38). The number of methoxy groups -OCH3 is 1. The first-order valence-corrected chi connectivity index (χ1v) is 13.0. The molecule has 0 bridgehead atoms. The van der Waals surface area contributed by atoms with Gasteiger partial charge in [0.2, 0.25) is 0 Å². The third-order valence-corrected chi connectivity index (χ3v) is 5.96. The first-order chi connectivity index (χ1) is 19.1. The van der Waals surface area contributed by atoms with Gasteiger partial charge in [-0.2, -0.15) is 0 Å². The second-order valence-corrected chi connectivity index (χ2v) is 10.2. The summed E-state index contributed by atoms with van der Waals surface area (Å²) in [6.45, 7) is 7.14. The summed E-state index contributed by atoms with van der Waals surface area (Å²) in [5, 5.41) is 17.7. The summed E-state index contributed by atoms with van der Waals surface area (Å²) >= 11 is 0. The normalized spacial score (nSPS) is 11.8. The monoisotopic (exact) mass is 542 g/mol. The third-order valence-electron chi connectivity index (χ3n) is 5.96. The van der Waals surface area contributed by atoms with Gasteiger partial charge in [0.25, 0.3) is 0 Å². The van der Waals surface area contributed by atoms with Crippen LogP contribution < -0.4 is 10.6 Å². The van der Waals surface area contributed by atoms with Crippen molar-refractivity contribution in [3.05, 3.63) is 95.1 Å². The van der Waals surface area contributed by atoms with E-state index >= 15 is 0 Å². The number of rotatable bonds is 9. The second-order valence-electron chi connectivity index (χ2n) is 10.2. The average molecular weight is 543 g/mol. The predicted molar refractivity (Wildman–Crippen MR) is 155 cm³/mol. The Labute approximate surface area is 233 Å². The van der Waals surface area contributed by atoms with Crippen molar-refractivity contribution in [3.8, 4) is 5.88 Å². The molecular formula is C31H34N4O5. The van der Waals surface area contributed by atoms with Crippen LogP contribution in [-0.4, -0.2) is 53.7 Å². The number of H-pyrrole nitrogens is 1. The van der Waals surface area contributed by atoms with Crippen molar-refractivity contribution in [1.82, 2.24) is 15.6 Å². The van der Waals surface area contributed by atoms with Crippen LogP contribution in [-0.2, 0) is 16.0 Å². The van der Waals surface area contributed by atoms with Gasteiger partial charge >= 0.3 is 12.1 Å². The van der Waals surface area contributed by atoms with Crippen molar-refractivity contribution >= 4 is 34.4 Å². The first kappa shape index (κ1) is 28.4. The maximum atomic E-state index is 12.0. The number of carbonyl (C=O) groups excluding carboxylic acids is 2. The summed E-state index contributed by atoms with van der Waals surface area (Å²) in [6, 6.07) is 22.5. The van der Waals surface area contributed by atoms with E-state index in [1.54, 1.807) is 18.2 Å². The number of aromatic amines is 1. The maximum Gasteiger partial charge on any atom is 0.407 e. The Hall–Kier alpha value is -4.63. The molecule has 0 saturated heterocycles. The molecule has 0 aliphatic heterocycles. The number of esters is 1. The highest BCUT2D eigenvalue weighted by atomic mass is 16.6. The van der Waals surface area contributed by atoms with Gasteiger partial charge in [-0.25, -0.2) is 14.6 Å². The fraction of sp³-hybridized carbons (Fsp3) is 0.258. The molecule has 4 N–H and O–H groups in total. The molecule has 1 aromatic heterocycles. The van der Waals surface area contributed by atoms with Gasteiger partial charge in [0.05, 0.1) is 29.6 Å².